The fraction of sp³-hybridized carbons (Fsp3) is 0.156. The lowest BCUT2D eigenvalue weighted by molar-refractivity contribution is 0.0599. The first-order valence-electron chi connectivity index (χ1n) is 13.1. The molecule has 0 aliphatic rings. The molecule has 0 fully saturated rings. The van der Waals surface area contributed by atoms with E-state index in [-0.39, 0.29) is 26.9 Å². The number of benzene rings is 4. The van der Waals surface area contributed by atoms with Gasteiger partial charge in [-0.3, -0.25) is 4.79 Å². The minimum absolute atomic E-state index is 0.0587. The van der Waals surface area contributed by atoms with E-state index in [1.165, 1.54) is 19.2 Å². The Balaban J connectivity index is 0.000000241. The summed E-state index contributed by atoms with van der Waals surface area (Å²) >= 11 is 0. The van der Waals surface area contributed by atoms with E-state index in [0.717, 1.165) is 23.6 Å². The molecule has 0 heterocycles. The van der Waals surface area contributed by atoms with Crippen LogP contribution in [0.4, 0.5) is 0 Å². The van der Waals surface area contributed by atoms with E-state index in [1.807, 2.05) is 48.5 Å². The molecule has 0 aliphatic heterocycles. The summed E-state index contributed by atoms with van der Waals surface area (Å²) in [6, 6.07) is 24.4. The molecule has 0 aromatic heterocycles. The number of nitrogens with two attached hydrogens (primary N) is 2. The number of methoxy groups -OCH3 is 1. The van der Waals surface area contributed by atoms with Gasteiger partial charge in [0.25, 0.3) is 5.91 Å². The van der Waals surface area contributed by atoms with Crippen LogP contribution in [0.1, 0.15) is 31.8 Å². The number of aryl methyl sites for hydroxylation is 2. The van der Waals surface area contributed by atoms with Crippen molar-refractivity contribution < 1.29 is 31.2 Å². The topological polar surface area (TPSA) is 176 Å². The smallest absolute Gasteiger partial charge is 0.338 e. The van der Waals surface area contributed by atoms with Gasteiger partial charge < -0.3 is 16.2 Å². The van der Waals surface area contributed by atoms with Crippen molar-refractivity contribution in [1.29, 1.82) is 0 Å². The normalized spacial score (nSPS) is 11.1. The molecule has 230 valence electrons. The molecule has 0 saturated carbocycles. The van der Waals surface area contributed by atoms with Gasteiger partial charge in [-0.1, -0.05) is 60.7 Å². The van der Waals surface area contributed by atoms with Gasteiger partial charge in [-0.05, 0) is 60.4 Å². The van der Waals surface area contributed by atoms with Crippen LogP contribution in [-0.4, -0.2) is 54.3 Å². The molecule has 1 amide bonds. The standard InChI is InChI=1S/C16H17N3O3S.C16H16O4S/c1-10-8-13(11-6-4-3-5-7-11)14(23(2,21)22)9-12(10)15(20)19-16(17)18;1-11-9-14(12-7-5-4-6-8-12)15(21(3,18)19)10-13(11)16(17)20-2/h3-9H,1-2H3,(H4,17,18,19,20);4-10H,1-3H3. The summed E-state index contributed by atoms with van der Waals surface area (Å²) in [6.45, 7) is 3.46. The summed E-state index contributed by atoms with van der Waals surface area (Å²) in [7, 11) is -5.75. The third-order valence-corrected chi connectivity index (χ3v) is 8.76. The minimum atomic E-state index is -3.55. The lowest BCUT2D eigenvalue weighted by Gasteiger charge is -2.13. The molecule has 0 aliphatic carbocycles. The van der Waals surface area contributed by atoms with E-state index >= 15 is 0 Å². The van der Waals surface area contributed by atoms with E-state index in [4.69, 9.17) is 16.2 Å². The quantitative estimate of drug-likeness (QED) is 0.177. The van der Waals surface area contributed by atoms with Crippen molar-refractivity contribution >= 4 is 37.5 Å². The molecule has 0 spiro atoms. The Labute approximate surface area is 257 Å². The maximum Gasteiger partial charge on any atom is 0.338 e. The van der Waals surface area contributed by atoms with Crippen molar-refractivity contribution in [3.63, 3.8) is 0 Å². The average Bonchev–Trinajstić information content (AvgIpc) is 2.96. The van der Waals surface area contributed by atoms with Gasteiger partial charge in [0, 0.05) is 29.2 Å². The molecule has 0 bridgehead atoms. The molecule has 0 saturated heterocycles. The molecule has 12 heteroatoms. The molecule has 4 N–H and O–H groups in total. The number of carbonyl (C=O) groups is 2. The summed E-state index contributed by atoms with van der Waals surface area (Å²) in [6.07, 6.45) is 2.23. The van der Waals surface area contributed by atoms with Gasteiger partial charge in [-0.2, -0.15) is 4.99 Å². The largest absolute Gasteiger partial charge is 0.465 e. The number of aliphatic imine (C=N–C) groups is 1. The first-order valence-corrected chi connectivity index (χ1v) is 16.9. The summed E-state index contributed by atoms with van der Waals surface area (Å²) < 4.78 is 53.1. The van der Waals surface area contributed by atoms with E-state index in [9.17, 15) is 26.4 Å². The van der Waals surface area contributed by atoms with Crippen LogP contribution in [0.5, 0.6) is 0 Å². The molecule has 0 unspecified atom stereocenters. The second-order valence-corrected chi connectivity index (χ2v) is 13.9. The molecular formula is C32H33N3O7S2. The van der Waals surface area contributed by atoms with Gasteiger partial charge in [0.15, 0.2) is 25.6 Å². The van der Waals surface area contributed by atoms with Crippen molar-refractivity contribution in [3.8, 4) is 22.3 Å². The third kappa shape index (κ3) is 8.17. The highest BCUT2D eigenvalue weighted by Crippen LogP contribution is 2.32. The Morgan fingerprint density at radius 3 is 1.41 bits per heavy atom. The maximum atomic E-state index is 12.1. The number of sulfone groups is 2. The zero-order chi connectivity index (χ0) is 32.8. The van der Waals surface area contributed by atoms with Crippen molar-refractivity contribution in [1.82, 2.24) is 0 Å². The highest BCUT2D eigenvalue weighted by atomic mass is 32.2. The van der Waals surface area contributed by atoms with Crippen LogP contribution in [-0.2, 0) is 24.4 Å². The second-order valence-electron chi connectivity index (χ2n) is 9.94. The summed E-state index contributed by atoms with van der Waals surface area (Å²) in [5.74, 6) is -1.59. The zero-order valence-electron chi connectivity index (χ0n) is 24.9. The number of ether oxygens (including phenoxy) is 1. The Bertz CT molecular complexity index is 1950. The average molecular weight is 636 g/mol. The lowest BCUT2D eigenvalue weighted by atomic mass is 9.99. The van der Waals surface area contributed by atoms with Gasteiger partial charge >= 0.3 is 5.97 Å². The third-order valence-electron chi connectivity index (χ3n) is 6.49. The van der Waals surface area contributed by atoms with E-state index in [2.05, 4.69) is 4.99 Å². The molecule has 0 radical (unpaired) electrons. The van der Waals surface area contributed by atoms with Gasteiger partial charge in [0.2, 0.25) is 0 Å². The highest BCUT2D eigenvalue weighted by molar-refractivity contribution is 7.91. The van der Waals surface area contributed by atoms with Gasteiger partial charge in [-0.25, -0.2) is 21.6 Å². The number of nitrogens with zero attached hydrogens (tertiary/aromatic N) is 1. The molecule has 4 aromatic rings. The highest BCUT2D eigenvalue weighted by Gasteiger charge is 2.21. The molecule has 10 nitrogen and oxygen atoms in total. The number of amides is 1. The van der Waals surface area contributed by atoms with Crippen LogP contribution in [0.15, 0.2) is 99.7 Å². The van der Waals surface area contributed by atoms with Crippen LogP contribution < -0.4 is 11.5 Å². The number of hydrogen-bond donors (Lipinski definition) is 2. The van der Waals surface area contributed by atoms with Crippen molar-refractivity contribution in [2.45, 2.75) is 23.6 Å². The summed E-state index contributed by atoms with van der Waals surface area (Å²) in [4.78, 5) is 27.5. The van der Waals surface area contributed by atoms with E-state index in [0.29, 0.717) is 22.3 Å². The number of hydrogen-bond acceptors (Lipinski definition) is 7. The van der Waals surface area contributed by atoms with Gasteiger partial charge in [0.05, 0.1) is 22.5 Å². The Kier molecular flexibility index (Phi) is 10.5. The summed E-state index contributed by atoms with van der Waals surface area (Å²) in [5.41, 5.74) is 14.8. The Morgan fingerprint density at radius 1 is 0.659 bits per heavy atom. The van der Waals surface area contributed by atoms with Crippen LogP contribution in [0.2, 0.25) is 0 Å². The fourth-order valence-corrected chi connectivity index (χ4v) is 6.23. The predicted octanol–water partition coefficient (Wildman–Crippen LogP) is 4.33. The molecule has 4 aromatic carbocycles. The maximum absolute atomic E-state index is 12.1. The van der Waals surface area contributed by atoms with Crippen LogP contribution in [0, 0.1) is 13.8 Å². The number of carbonyl (C=O) groups excluding carboxylic acids is 2. The number of esters is 1. The zero-order valence-corrected chi connectivity index (χ0v) is 26.5. The number of rotatable bonds is 6. The lowest BCUT2D eigenvalue weighted by Crippen LogP contribution is -2.24. The van der Waals surface area contributed by atoms with E-state index in [1.54, 1.807) is 38.1 Å². The van der Waals surface area contributed by atoms with Crippen molar-refractivity contribution in [2.24, 2.45) is 16.5 Å². The van der Waals surface area contributed by atoms with Crippen LogP contribution in [0.25, 0.3) is 22.3 Å². The first-order chi connectivity index (χ1) is 20.5. The van der Waals surface area contributed by atoms with Crippen LogP contribution in [0.3, 0.4) is 0 Å². The van der Waals surface area contributed by atoms with Gasteiger partial charge in [0.1, 0.15) is 0 Å². The predicted molar refractivity (Wildman–Crippen MR) is 171 cm³/mol. The minimum Gasteiger partial charge on any atom is -0.465 e. The Hall–Kier alpha value is -4.81. The van der Waals surface area contributed by atoms with Crippen LogP contribution >= 0.6 is 0 Å². The number of guanidine groups is 1. The second kappa shape index (κ2) is 13.7. The van der Waals surface area contributed by atoms with Gasteiger partial charge in [-0.15, -0.1) is 0 Å². The fourth-order valence-electron chi connectivity index (χ4n) is 4.41. The molecular weight excluding hydrogens is 603 g/mol. The van der Waals surface area contributed by atoms with E-state index < -0.39 is 31.6 Å². The molecule has 4 rings (SSSR count). The monoisotopic (exact) mass is 635 g/mol. The molecule has 0 atom stereocenters. The SMILES string of the molecule is COC(=O)c1cc(S(C)(=O)=O)c(-c2ccccc2)cc1C.Cc1cc(-c2ccccc2)c(S(C)(=O)=O)cc1C(=O)N=C(N)N. The van der Waals surface area contributed by atoms with Crippen molar-refractivity contribution in [2.75, 3.05) is 19.6 Å². The first kappa shape index (κ1) is 33.7. The van der Waals surface area contributed by atoms with Crippen molar-refractivity contribution in [3.05, 3.63) is 107 Å². The molecule has 44 heavy (non-hydrogen) atoms. The Morgan fingerprint density at radius 2 is 1.05 bits per heavy atom. The summed E-state index contributed by atoms with van der Waals surface area (Å²) in [5, 5.41) is 0.